The molecule has 3 nitrogen and oxygen atoms in total. The van der Waals surface area contributed by atoms with Gasteiger partial charge in [-0.25, -0.2) is 4.98 Å². The minimum Gasteiger partial charge on any atom is -0.394 e. The Balaban J connectivity index is 2.00. The van der Waals surface area contributed by atoms with E-state index in [2.05, 4.69) is 4.98 Å². The first-order chi connectivity index (χ1) is 7.63. The van der Waals surface area contributed by atoms with Crippen LogP contribution in [0.4, 0.5) is 0 Å². The average Bonchev–Trinajstić information content (AvgIpc) is 2.65. The van der Waals surface area contributed by atoms with Crippen LogP contribution in [0.15, 0.2) is 23.4 Å². The summed E-state index contributed by atoms with van der Waals surface area (Å²) in [5, 5.41) is 11.1. The second-order valence-corrected chi connectivity index (χ2v) is 5.99. The van der Waals surface area contributed by atoms with Gasteiger partial charge in [0.1, 0.15) is 5.03 Å². The van der Waals surface area contributed by atoms with Crippen molar-refractivity contribution in [2.75, 3.05) is 6.61 Å². The largest absolute Gasteiger partial charge is 0.394 e. The molecule has 0 bridgehead atoms. The van der Waals surface area contributed by atoms with Gasteiger partial charge < -0.3 is 10.8 Å². The Kier molecular flexibility index (Phi) is 3.74. The van der Waals surface area contributed by atoms with E-state index in [0.29, 0.717) is 10.3 Å². The zero-order valence-electron chi connectivity index (χ0n) is 8.90. The molecule has 1 fully saturated rings. The van der Waals surface area contributed by atoms with Crippen LogP contribution < -0.4 is 5.73 Å². The highest BCUT2D eigenvalue weighted by atomic mass is 35.5. The van der Waals surface area contributed by atoms with Gasteiger partial charge in [0.05, 0.1) is 11.6 Å². The number of halogens is 1. The summed E-state index contributed by atoms with van der Waals surface area (Å²) in [4.78, 5) is 4.24. The van der Waals surface area contributed by atoms with E-state index in [9.17, 15) is 5.11 Å². The van der Waals surface area contributed by atoms with Crippen molar-refractivity contribution in [3.05, 3.63) is 23.4 Å². The summed E-state index contributed by atoms with van der Waals surface area (Å²) in [7, 11) is 0. The van der Waals surface area contributed by atoms with Crippen molar-refractivity contribution in [2.24, 2.45) is 5.73 Å². The van der Waals surface area contributed by atoms with Crippen LogP contribution in [0, 0.1) is 0 Å². The van der Waals surface area contributed by atoms with E-state index < -0.39 is 5.54 Å². The zero-order valence-corrected chi connectivity index (χ0v) is 10.5. The second kappa shape index (κ2) is 4.92. The first kappa shape index (κ1) is 12.2. The van der Waals surface area contributed by atoms with Gasteiger partial charge in [-0.2, -0.15) is 0 Å². The van der Waals surface area contributed by atoms with Gasteiger partial charge in [-0.3, -0.25) is 0 Å². The molecule has 1 saturated carbocycles. The van der Waals surface area contributed by atoms with Crippen molar-refractivity contribution < 1.29 is 5.11 Å². The lowest BCUT2D eigenvalue weighted by Gasteiger charge is -2.20. The lowest BCUT2D eigenvalue weighted by molar-refractivity contribution is 0.200. The van der Waals surface area contributed by atoms with Crippen LogP contribution in [-0.4, -0.2) is 27.5 Å². The number of aromatic nitrogens is 1. The SMILES string of the molecule is NC1(CO)CCC(Sc2ncccc2Cl)C1. The van der Waals surface area contributed by atoms with Gasteiger partial charge in [0.15, 0.2) is 0 Å². The van der Waals surface area contributed by atoms with Crippen molar-refractivity contribution in [3.8, 4) is 0 Å². The van der Waals surface area contributed by atoms with Crippen LogP contribution in [0.5, 0.6) is 0 Å². The zero-order chi connectivity index (χ0) is 11.6. The van der Waals surface area contributed by atoms with Crippen LogP contribution >= 0.6 is 23.4 Å². The number of aliphatic hydroxyl groups excluding tert-OH is 1. The average molecular weight is 259 g/mol. The molecule has 1 aromatic rings. The molecule has 2 atom stereocenters. The highest BCUT2D eigenvalue weighted by Crippen LogP contribution is 2.39. The molecule has 2 unspecified atom stereocenters. The Morgan fingerprint density at radius 1 is 1.69 bits per heavy atom. The first-order valence-electron chi connectivity index (χ1n) is 5.30. The fourth-order valence-electron chi connectivity index (χ4n) is 1.97. The number of pyridine rings is 1. The van der Waals surface area contributed by atoms with Crippen LogP contribution in [0.2, 0.25) is 5.02 Å². The maximum absolute atomic E-state index is 9.19. The molecule has 0 aliphatic heterocycles. The van der Waals surface area contributed by atoms with Crippen LogP contribution in [0.1, 0.15) is 19.3 Å². The molecule has 1 aliphatic rings. The number of hydrogen-bond acceptors (Lipinski definition) is 4. The van der Waals surface area contributed by atoms with Gasteiger partial charge in [-0.1, -0.05) is 11.6 Å². The predicted molar refractivity (Wildman–Crippen MR) is 66.7 cm³/mol. The van der Waals surface area contributed by atoms with Crippen LogP contribution in [-0.2, 0) is 0 Å². The van der Waals surface area contributed by atoms with E-state index in [1.165, 1.54) is 0 Å². The van der Waals surface area contributed by atoms with E-state index in [1.54, 1.807) is 18.0 Å². The fourth-order valence-corrected chi connectivity index (χ4v) is 3.49. The number of nitrogens with zero attached hydrogens (tertiary/aromatic N) is 1. The summed E-state index contributed by atoms with van der Waals surface area (Å²) >= 11 is 7.70. The third-order valence-electron chi connectivity index (χ3n) is 2.92. The molecule has 0 saturated heterocycles. The van der Waals surface area contributed by atoms with E-state index in [1.807, 2.05) is 12.1 Å². The number of rotatable bonds is 3. The Labute approximate surface area is 104 Å². The lowest BCUT2D eigenvalue weighted by Crippen LogP contribution is -2.40. The summed E-state index contributed by atoms with van der Waals surface area (Å²) in [6.07, 6.45) is 4.44. The molecule has 16 heavy (non-hydrogen) atoms. The summed E-state index contributed by atoms with van der Waals surface area (Å²) < 4.78 is 0. The minimum atomic E-state index is -0.404. The van der Waals surface area contributed by atoms with Crippen molar-refractivity contribution >= 4 is 23.4 Å². The number of hydrogen-bond donors (Lipinski definition) is 2. The molecule has 0 spiro atoms. The molecule has 0 radical (unpaired) electrons. The quantitative estimate of drug-likeness (QED) is 0.872. The van der Waals surface area contributed by atoms with E-state index >= 15 is 0 Å². The molecule has 5 heteroatoms. The third-order valence-corrected chi connectivity index (χ3v) is 4.62. The molecule has 0 amide bonds. The normalized spacial score (nSPS) is 29.6. The molecule has 0 aromatic carbocycles. The maximum Gasteiger partial charge on any atom is 0.115 e. The van der Waals surface area contributed by atoms with Crippen molar-refractivity contribution in [1.29, 1.82) is 0 Å². The number of aliphatic hydroxyl groups is 1. The smallest absolute Gasteiger partial charge is 0.115 e. The maximum atomic E-state index is 9.19. The van der Waals surface area contributed by atoms with Gasteiger partial charge in [0.2, 0.25) is 0 Å². The van der Waals surface area contributed by atoms with Crippen molar-refractivity contribution in [3.63, 3.8) is 0 Å². The minimum absolute atomic E-state index is 0.0556. The Morgan fingerprint density at radius 3 is 3.12 bits per heavy atom. The van der Waals surface area contributed by atoms with Gasteiger partial charge in [0.25, 0.3) is 0 Å². The van der Waals surface area contributed by atoms with Crippen LogP contribution in [0.25, 0.3) is 0 Å². The van der Waals surface area contributed by atoms with Gasteiger partial charge in [-0.05, 0) is 31.4 Å². The molecule has 2 rings (SSSR count). The first-order valence-corrected chi connectivity index (χ1v) is 6.56. The summed E-state index contributed by atoms with van der Waals surface area (Å²) in [6.45, 7) is 0.0556. The monoisotopic (exact) mass is 258 g/mol. The Morgan fingerprint density at radius 2 is 2.50 bits per heavy atom. The summed E-state index contributed by atoms with van der Waals surface area (Å²) in [5.41, 5.74) is 5.62. The predicted octanol–water partition coefficient (Wildman–Crippen LogP) is 2.07. The topological polar surface area (TPSA) is 59.1 Å². The van der Waals surface area contributed by atoms with E-state index in [-0.39, 0.29) is 6.61 Å². The van der Waals surface area contributed by atoms with Gasteiger partial charge in [-0.15, -0.1) is 11.8 Å². The third kappa shape index (κ3) is 2.69. The molecule has 1 heterocycles. The van der Waals surface area contributed by atoms with Gasteiger partial charge in [0, 0.05) is 17.0 Å². The molecular formula is C11H15ClN2OS. The molecule has 1 aromatic heterocycles. The molecule has 88 valence electrons. The Hall–Kier alpha value is -0.290. The van der Waals surface area contributed by atoms with E-state index in [0.717, 1.165) is 24.3 Å². The second-order valence-electron chi connectivity index (χ2n) is 4.29. The molecule has 3 N–H and O–H groups in total. The molecule has 1 aliphatic carbocycles. The highest BCUT2D eigenvalue weighted by molar-refractivity contribution is 8.00. The summed E-state index contributed by atoms with van der Waals surface area (Å²) in [5.74, 6) is 0. The van der Waals surface area contributed by atoms with Crippen molar-refractivity contribution in [2.45, 2.75) is 35.1 Å². The number of nitrogens with two attached hydrogens (primary N) is 1. The lowest BCUT2D eigenvalue weighted by atomic mass is 10.0. The van der Waals surface area contributed by atoms with Crippen molar-refractivity contribution in [1.82, 2.24) is 4.98 Å². The van der Waals surface area contributed by atoms with E-state index in [4.69, 9.17) is 17.3 Å². The van der Waals surface area contributed by atoms with Gasteiger partial charge >= 0.3 is 0 Å². The standard InChI is InChI=1S/C11H15ClN2OS/c12-9-2-1-5-14-10(9)16-8-3-4-11(13,6-8)7-15/h1-2,5,8,15H,3-4,6-7,13H2. The highest BCUT2D eigenvalue weighted by Gasteiger charge is 2.35. The fraction of sp³-hybridized carbons (Fsp3) is 0.545. The van der Waals surface area contributed by atoms with Crippen LogP contribution in [0.3, 0.4) is 0 Å². The Bertz CT molecular complexity index is 377. The summed E-state index contributed by atoms with van der Waals surface area (Å²) in [6, 6.07) is 3.66. The number of thioether (sulfide) groups is 1. The molecular weight excluding hydrogens is 244 g/mol.